The highest BCUT2D eigenvalue weighted by Crippen LogP contribution is 2.23. The molecule has 0 spiro atoms. The minimum absolute atomic E-state index is 0.0111. The number of hydrogen-bond donors (Lipinski definition) is 0. The van der Waals surface area contributed by atoms with E-state index in [0.29, 0.717) is 12.5 Å². The van der Waals surface area contributed by atoms with Crippen LogP contribution in [0.4, 0.5) is 0 Å². The summed E-state index contributed by atoms with van der Waals surface area (Å²) in [5.41, 5.74) is 2.72. The Hall–Kier alpha value is -2.43. The van der Waals surface area contributed by atoms with Crippen molar-refractivity contribution in [2.45, 2.75) is 13.8 Å². The molecule has 1 heterocycles. The number of aromatic nitrogens is 1. The minimum Gasteiger partial charge on any atom is -0.481 e. The average molecular weight is 286 g/mol. The lowest BCUT2D eigenvalue weighted by Gasteiger charge is -2.07. The molecular formula is C16H18N2O3. The Labute approximate surface area is 123 Å². The van der Waals surface area contributed by atoms with Gasteiger partial charge < -0.3 is 9.47 Å². The Morgan fingerprint density at radius 2 is 2.24 bits per heavy atom. The SMILES string of the molecule is CCOC(=O)CN=Cc1cc2cccc(C)c2nc1OC. The van der Waals surface area contributed by atoms with E-state index >= 15 is 0 Å². The molecule has 0 N–H and O–H groups in total. The monoisotopic (exact) mass is 286 g/mol. The van der Waals surface area contributed by atoms with Crippen molar-refractivity contribution in [3.63, 3.8) is 0 Å². The van der Waals surface area contributed by atoms with E-state index in [1.165, 1.54) is 0 Å². The topological polar surface area (TPSA) is 60.8 Å². The number of methoxy groups -OCH3 is 1. The zero-order valence-corrected chi connectivity index (χ0v) is 12.4. The molecule has 2 aromatic rings. The number of fused-ring (bicyclic) bond motifs is 1. The third-order valence-electron chi connectivity index (χ3n) is 2.99. The van der Waals surface area contributed by atoms with E-state index in [0.717, 1.165) is 22.0 Å². The molecule has 110 valence electrons. The van der Waals surface area contributed by atoms with Crippen molar-refractivity contribution in [3.8, 4) is 5.88 Å². The number of rotatable bonds is 5. The number of aliphatic imine (C=N–C) groups is 1. The fourth-order valence-electron chi connectivity index (χ4n) is 2.03. The molecule has 1 aromatic carbocycles. The summed E-state index contributed by atoms with van der Waals surface area (Å²) in [5.74, 6) is 0.140. The standard InChI is InChI=1S/C16H18N2O3/c1-4-21-14(19)10-17-9-13-8-12-7-5-6-11(2)15(12)18-16(13)20-3/h5-9H,4,10H2,1-3H3. The van der Waals surface area contributed by atoms with Crippen LogP contribution in [0, 0.1) is 6.92 Å². The van der Waals surface area contributed by atoms with Crippen molar-refractivity contribution in [3.05, 3.63) is 35.4 Å². The molecule has 0 atom stereocenters. The Morgan fingerprint density at radius 1 is 1.43 bits per heavy atom. The first-order valence-electron chi connectivity index (χ1n) is 6.75. The number of esters is 1. The smallest absolute Gasteiger partial charge is 0.327 e. The van der Waals surface area contributed by atoms with E-state index in [4.69, 9.17) is 9.47 Å². The molecule has 0 saturated carbocycles. The van der Waals surface area contributed by atoms with Gasteiger partial charge in [0.15, 0.2) is 0 Å². The molecule has 0 fully saturated rings. The maximum Gasteiger partial charge on any atom is 0.327 e. The molecule has 0 saturated heterocycles. The minimum atomic E-state index is -0.350. The van der Waals surface area contributed by atoms with Crippen molar-refractivity contribution in [2.75, 3.05) is 20.3 Å². The third-order valence-corrected chi connectivity index (χ3v) is 2.99. The number of pyridine rings is 1. The van der Waals surface area contributed by atoms with Crippen LogP contribution in [0.3, 0.4) is 0 Å². The lowest BCUT2D eigenvalue weighted by atomic mass is 10.1. The van der Waals surface area contributed by atoms with Crippen LogP contribution in [0.25, 0.3) is 10.9 Å². The molecule has 1 aromatic heterocycles. The summed E-state index contributed by atoms with van der Waals surface area (Å²) >= 11 is 0. The zero-order chi connectivity index (χ0) is 15.2. The van der Waals surface area contributed by atoms with Gasteiger partial charge in [-0.3, -0.25) is 9.79 Å². The van der Waals surface area contributed by atoms with Gasteiger partial charge >= 0.3 is 5.97 Å². The largest absolute Gasteiger partial charge is 0.481 e. The van der Waals surface area contributed by atoms with E-state index in [2.05, 4.69) is 9.98 Å². The van der Waals surface area contributed by atoms with Crippen LogP contribution in [0.2, 0.25) is 0 Å². The van der Waals surface area contributed by atoms with Gasteiger partial charge in [0.05, 0.1) is 24.8 Å². The molecule has 5 heteroatoms. The predicted octanol–water partition coefficient (Wildman–Crippen LogP) is 2.53. The van der Waals surface area contributed by atoms with E-state index < -0.39 is 0 Å². The second-order valence-electron chi connectivity index (χ2n) is 4.51. The second-order valence-corrected chi connectivity index (χ2v) is 4.51. The molecule has 0 aliphatic carbocycles. The van der Waals surface area contributed by atoms with E-state index in [9.17, 15) is 4.79 Å². The summed E-state index contributed by atoms with van der Waals surface area (Å²) in [7, 11) is 1.56. The molecule has 21 heavy (non-hydrogen) atoms. The van der Waals surface area contributed by atoms with E-state index in [1.54, 1.807) is 20.2 Å². The summed E-state index contributed by atoms with van der Waals surface area (Å²) in [6.45, 7) is 4.11. The van der Waals surface area contributed by atoms with Crippen LogP contribution in [-0.4, -0.2) is 37.4 Å². The summed E-state index contributed by atoms with van der Waals surface area (Å²) in [5, 5.41) is 1.01. The number of hydrogen-bond acceptors (Lipinski definition) is 5. The fourth-order valence-corrected chi connectivity index (χ4v) is 2.03. The van der Waals surface area contributed by atoms with Crippen LogP contribution < -0.4 is 4.74 Å². The first kappa shape index (κ1) is 15.0. The quantitative estimate of drug-likeness (QED) is 0.626. The van der Waals surface area contributed by atoms with Gasteiger partial charge in [-0.2, -0.15) is 0 Å². The van der Waals surface area contributed by atoms with Gasteiger partial charge in [0.2, 0.25) is 5.88 Å². The van der Waals surface area contributed by atoms with Gasteiger partial charge in [-0.1, -0.05) is 18.2 Å². The number of carbonyl (C=O) groups excluding carboxylic acids is 1. The molecule has 5 nitrogen and oxygen atoms in total. The molecule has 0 unspecified atom stereocenters. The van der Waals surface area contributed by atoms with Gasteiger partial charge in [-0.15, -0.1) is 0 Å². The molecule has 0 aliphatic heterocycles. The Kier molecular flexibility index (Phi) is 4.87. The second kappa shape index (κ2) is 6.83. The first-order valence-corrected chi connectivity index (χ1v) is 6.75. The lowest BCUT2D eigenvalue weighted by Crippen LogP contribution is -2.07. The van der Waals surface area contributed by atoms with Crippen LogP contribution in [0.5, 0.6) is 5.88 Å². The van der Waals surface area contributed by atoms with Crippen molar-refractivity contribution in [1.82, 2.24) is 4.98 Å². The van der Waals surface area contributed by atoms with Gasteiger partial charge in [-0.25, -0.2) is 4.98 Å². The third kappa shape index (κ3) is 3.56. The fraction of sp³-hybridized carbons (Fsp3) is 0.312. The highest BCUT2D eigenvalue weighted by atomic mass is 16.5. The molecule has 0 amide bonds. The summed E-state index contributed by atoms with van der Waals surface area (Å²) in [4.78, 5) is 19.8. The summed E-state index contributed by atoms with van der Waals surface area (Å²) in [6.07, 6.45) is 1.59. The Bertz CT molecular complexity index is 681. The van der Waals surface area contributed by atoms with Gasteiger partial charge in [0, 0.05) is 11.6 Å². The number of benzene rings is 1. The van der Waals surface area contributed by atoms with Crippen LogP contribution in [-0.2, 0) is 9.53 Å². The number of nitrogens with zero attached hydrogens (tertiary/aromatic N) is 2. The van der Waals surface area contributed by atoms with Gasteiger partial charge in [-0.05, 0) is 25.5 Å². The maximum atomic E-state index is 11.3. The van der Waals surface area contributed by atoms with Crippen molar-refractivity contribution in [2.24, 2.45) is 4.99 Å². The van der Waals surface area contributed by atoms with Crippen molar-refractivity contribution >= 4 is 23.1 Å². The molecule has 0 aliphatic rings. The highest BCUT2D eigenvalue weighted by molar-refractivity contribution is 5.92. The number of aryl methyl sites for hydroxylation is 1. The summed E-state index contributed by atoms with van der Waals surface area (Å²) < 4.78 is 10.1. The molecule has 0 bridgehead atoms. The average Bonchev–Trinajstić information content (AvgIpc) is 2.47. The summed E-state index contributed by atoms with van der Waals surface area (Å²) in [6, 6.07) is 7.91. The maximum absolute atomic E-state index is 11.3. The van der Waals surface area contributed by atoms with Crippen molar-refractivity contribution in [1.29, 1.82) is 0 Å². The molecular weight excluding hydrogens is 268 g/mol. The van der Waals surface area contributed by atoms with Crippen molar-refractivity contribution < 1.29 is 14.3 Å². The van der Waals surface area contributed by atoms with Gasteiger partial charge in [0.25, 0.3) is 0 Å². The Morgan fingerprint density at radius 3 is 2.95 bits per heavy atom. The first-order chi connectivity index (χ1) is 10.2. The normalized spacial score (nSPS) is 11.0. The Balaban J connectivity index is 2.30. The number of ether oxygens (including phenoxy) is 2. The molecule has 2 rings (SSSR count). The van der Waals surface area contributed by atoms with Crippen LogP contribution >= 0.6 is 0 Å². The highest BCUT2D eigenvalue weighted by Gasteiger charge is 2.07. The van der Waals surface area contributed by atoms with E-state index in [-0.39, 0.29) is 12.5 Å². The zero-order valence-electron chi connectivity index (χ0n) is 12.4. The van der Waals surface area contributed by atoms with Crippen LogP contribution in [0.1, 0.15) is 18.1 Å². The van der Waals surface area contributed by atoms with Gasteiger partial charge in [0.1, 0.15) is 6.54 Å². The number of carbonyl (C=O) groups is 1. The van der Waals surface area contributed by atoms with E-state index in [1.807, 2.05) is 31.2 Å². The van der Waals surface area contributed by atoms with Crippen LogP contribution in [0.15, 0.2) is 29.3 Å². The number of para-hydroxylation sites is 1. The predicted molar refractivity (Wildman–Crippen MR) is 82.1 cm³/mol. The molecule has 0 radical (unpaired) electrons. The lowest BCUT2D eigenvalue weighted by molar-refractivity contribution is -0.141.